The third-order valence-electron chi connectivity index (χ3n) is 2.61. The first-order valence-corrected chi connectivity index (χ1v) is 9.06. The molecule has 1 aliphatic carbocycles. The van der Waals surface area contributed by atoms with Crippen molar-refractivity contribution in [2.45, 2.75) is 39.5 Å². The van der Waals surface area contributed by atoms with Crippen molar-refractivity contribution in [2.24, 2.45) is 0 Å². The lowest BCUT2D eigenvalue weighted by molar-refractivity contribution is 0.216. The lowest BCUT2D eigenvalue weighted by atomic mass is 10.3. The molecule has 7 heteroatoms. The first-order chi connectivity index (χ1) is 9.06. The van der Waals surface area contributed by atoms with Crippen molar-refractivity contribution < 1.29 is 13.6 Å². The monoisotopic (exact) mass is 302 g/mol. The third-order valence-corrected chi connectivity index (χ3v) is 5.03. The maximum absolute atomic E-state index is 5.71. The Labute approximate surface area is 119 Å². The second-order valence-electron chi connectivity index (χ2n) is 4.33. The van der Waals surface area contributed by atoms with Gasteiger partial charge in [0, 0.05) is 23.8 Å². The lowest BCUT2D eigenvalue weighted by Gasteiger charge is -2.20. The summed E-state index contributed by atoms with van der Waals surface area (Å²) in [4.78, 5) is 8.68. The smallest absolute Gasteiger partial charge is 0.381 e. The molecule has 1 aliphatic rings. The second kappa shape index (κ2) is 6.27. The molecule has 19 heavy (non-hydrogen) atoms. The van der Waals surface area contributed by atoms with E-state index in [2.05, 4.69) is 9.97 Å². The molecule has 106 valence electrons. The number of aromatic nitrogens is 2. The summed E-state index contributed by atoms with van der Waals surface area (Å²) in [6.45, 7) is 3.74. The average molecular weight is 302 g/mol. The van der Waals surface area contributed by atoms with Crippen molar-refractivity contribution in [1.82, 2.24) is 9.97 Å². The normalized spacial score (nSPS) is 15.5. The fourth-order valence-electron chi connectivity index (χ4n) is 1.72. The SMILES string of the molecule is CCOP(=S)(OCC)Oc1cc(C2CC2)nc(C)n1. The van der Waals surface area contributed by atoms with Gasteiger partial charge < -0.3 is 4.52 Å². The molecule has 2 rings (SSSR count). The Kier molecular flexibility index (Phi) is 4.90. The van der Waals surface area contributed by atoms with Gasteiger partial charge >= 0.3 is 6.72 Å². The van der Waals surface area contributed by atoms with Crippen LogP contribution in [0.15, 0.2) is 6.07 Å². The Morgan fingerprint density at radius 2 is 1.89 bits per heavy atom. The minimum absolute atomic E-state index is 0.455. The Balaban J connectivity index is 2.18. The third kappa shape index (κ3) is 4.21. The molecule has 0 amide bonds. The number of rotatable bonds is 7. The van der Waals surface area contributed by atoms with E-state index in [0.717, 1.165) is 5.69 Å². The summed E-state index contributed by atoms with van der Waals surface area (Å²) < 4.78 is 16.6. The number of hydrogen-bond acceptors (Lipinski definition) is 6. The van der Waals surface area contributed by atoms with Crippen molar-refractivity contribution >= 4 is 18.5 Å². The number of nitrogens with zero attached hydrogens (tertiary/aromatic N) is 2. The van der Waals surface area contributed by atoms with Gasteiger partial charge in [0.25, 0.3) is 0 Å². The summed E-state index contributed by atoms with van der Waals surface area (Å²) in [5, 5.41) is 0. The molecule has 0 atom stereocenters. The van der Waals surface area contributed by atoms with Crippen LogP contribution >= 0.6 is 6.72 Å². The van der Waals surface area contributed by atoms with Gasteiger partial charge in [-0.3, -0.25) is 9.05 Å². The Hall–Kier alpha value is -0.550. The molecule has 0 saturated heterocycles. The van der Waals surface area contributed by atoms with Crippen LogP contribution in [0.3, 0.4) is 0 Å². The Morgan fingerprint density at radius 1 is 1.26 bits per heavy atom. The molecule has 0 spiro atoms. The van der Waals surface area contributed by atoms with Crippen molar-refractivity contribution in [2.75, 3.05) is 13.2 Å². The molecule has 0 bridgehead atoms. The van der Waals surface area contributed by atoms with E-state index in [1.54, 1.807) is 0 Å². The molecular formula is C12H19N2O3PS. The molecule has 0 N–H and O–H groups in total. The molecule has 0 aromatic carbocycles. The minimum Gasteiger partial charge on any atom is -0.406 e. The summed E-state index contributed by atoms with van der Waals surface area (Å²) in [7, 11) is 0. The van der Waals surface area contributed by atoms with E-state index in [9.17, 15) is 0 Å². The van der Waals surface area contributed by atoms with Crippen LogP contribution in [0, 0.1) is 6.92 Å². The lowest BCUT2D eigenvalue weighted by Crippen LogP contribution is -2.05. The highest BCUT2D eigenvalue weighted by Crippen LogP contribution is 2.50. The van der Waals surface area contributed by atoms with E-state index in [1.807, 2.05) is 26.8 Å². The van der Waals surface area contributed by atoms with Gasteiger partial charge in [-0.05, 0) is 33.6 Å². The standard InChI is InChI=1S/C12H19N2O3PS/c1-4-15-18(19,16-5-2)17-12-8-11(10-6-7-10)13-9(3)14-12/h8,10H,4-7H2,1-3H3. The first-order valence-electron chi connectivity index (χ1n) is 6.50. The van der Waals surface area contributed by atoms with Gasteiger partial charge in [-0.25, -0.2) is 4.98 Å². The van der Waals surface area contributed by atoms with Crippen LogP contribution in [0.4, 0.5) is 0 Å². The summed E-state index contributed by atoms with van der Waals surface area (Å²) in [5.74, 6) is 1.69. The summed E-state index contributed by atoms with van der Waals surface area (Å²) >= 11 is 5.33. The zero-order valence-electron chi connectivity index (χ0n) is 11.5. The topological polar surface area (TPSA) is 53.5 Å². The van der Waals surface area contributed by atoms with E-state index in [0.29, 0.717) is 30.8 Å². The van der Waals surface area contributed by atoms with E-state index < -0.39 is 6.72 Å². The van der Waals surface area contributed by atoms with Crippen LogP contribution in [0.1, 0.15) is 44.1 Å². The molecule has 0 aliphatic heterocycles. The van der Waals surface area contributed by atoms with Crippen LogP contribution in [-0.2, 0) is 20.9 Å². The Morgan fingerprint density at radius 3 is 2.42 bits per heavy atom. The van der Waals surface area contributed by atoms with E-state index in [-0.39, 0.29) is 0 Å². The van der Waals surface area contributed by atoms with Crippen molar-refractivity contribution in [1.29, 1.82) is 0 Å². The average Bonchev–Trinajstić information content (AvgIpc) is 3.11. The van der Waals surface area contributed by atoms with Crippen molar-refractivity contribution in [3.05, 3.63) is 17.6 Å². The van der Waals surface area contributed by atoms with Crippen LogP contribution in [0.5, 0.6) is 5.88 Å². The molecule has 0 radical (unpaired) electrons. The van der Waals surface area contributed by atoms with Crippen LogP contribution in [0.25, 0.3) is 0 Å². The maximum Gasteiger partial charge on any atom is 0.381 e. The van der Waals surface area contributed by atoms with E-state index in [1.165, 1.54) is 12.8 Å². The molecule has 1 aromatic rings. The summed E-state index contributed by atoms with van der Waals surface area (Å²) in [6, 6.07) is 1.85. The number of hydrogen-bond donors (Lipinski definition) is 0. The minimum atomic E-state index is -2.75. The predicted octanol–water partition coefficient (Wildman–Crippen LogP) is 3.34. The van der Waals surface area contributed by atoms with Crippen molar-refractivity contribution in [3.8, 4) is 5.88 Å². The number of aryl methyl sites for hydroxylation is 1. The molecule has 1 aromatic heterocycles. The summed E-state index contributed by atoms with van der Waals surface area (Å²) in [5.41, 5.74) is 1.03. The van der Waals surface area contributed by atoms with Crippen molar-refractivity contribution in [3.63, 3.8) is 0 Å². The van der Waals surface area contributed by atoms with Gasteiger partial charge in [-0.1, -0.05) is 0 Å². The van der Waals surface area contributed by atoms with Crippen LogP contribution < -0.4 is 4.52 Å². The van der Waals surface area contributed by atoms with E-state index in [4.69, 9.17) is 25.4 Å². The zero-order chi connectivity index (χ0) is 13.9. The fourth-order valence-corrected chi connectivity index (χ4v) is 3.71. The van der Waals surface area contributed by atoms with E-state index >= 15 is 0 Å². The molecule has 1 fully saturated rings. The maximum atomic E-state index is 5.71. The van der Waals surface area contributed by atoms with Gasteiger partial charge in [-0.2, -0.15) is 4.98 Å². The molecule has 1 heterocycles. The fraction of sp³-hybridized carbons (Fsp3) is 0.667. The quantitative estimate of drug-likeness (QED) is 0.720. The largest absolute Gasteiger partial charge is 0.406 e. The van der Waals surface area contributed by atoms with Crippen LogP contribution in [0.2, 0.25) is 0 Å². The molecule has 5 nitrogen and oxygen atoms in total. The molecule has 1 saturated carbocycles. The Bertz CT molecular complexity index is 484. The highest BCUT2D eigenvalue weighted by Gasteiger charge is 2.28. The summed E-state index contributed by atoms with van der Waals surface area (Å²) in [6.07, 6.45) is 2.36. The highest BCUT2D eigenvalue weighted by molar-refractivity contribution is 8.07. The zero-order valence-corrected chi connectivity index (χ0v) is 13.2. The molecule has 0 unspecified atom stereocenters. The molecular weight excluding hydrogens is 283 g/mol. The van der Waals surface area contributed by atoms with Gasteiger partial charge in [0.15, 0.2) is 0 Å². The predicted molar refractivity (Wildman–Crippen MR) is 76.9 cm³/mol. The van der Waals surface area contributed by atoms with Gasteiger partial charge in [-0.15, -0.1) is 0 Å². The first kappa shape index (κ1) is 14.9. The second-order valence-corrected chi connectivity index (χ2v) is 7.26. The highest BCUT2D eigenvalue weighted by atomic mass is 32.5. The van der Waals surface area contributed by atoms with Gasteiger partial charge in [0.2, 0.25) is 5.88 Å². The van der Waals surface area contributed by atoms with Gasteiger partial charge in [0.1, 0.15) is 5.82 Å². The van der Waals surface area contributed by atoms with Gasteiger partial charge in [0.05, 0.1) is 18.9 Å². The van der Waals surface area contributed by atoms with Crippen LogP contribution in [-0.4, -0.2) is 23.2 Å².